The lowest BCUT2D eigenvalue weighted by Crippen LogP contribution is -2.00. The van der Waals surface area contributed by atoms with Gasteiger partial charge in [-0.25, -0.2) is 9.97 Å². The van der Waals surface area contributed by atoms with Crippen LogP contribution in [0, 0.1) is 11.6 Å². The number of para-hydroxylation sites is 1. The predicted molar refractivity (Wildman–Crippen MR) is 84.3 cm³/mol. The van der Waals surface area contributed by atoms with Crippen molar-refractivity contribution in [2.75, 3.05) is 0 Å². The molecule has 4 heteroatoms. The zero-order valence-electron chi connectivity index (χ0n) is 11.5. The van der Waals surface area contributed by atoms with Crippen molar-refractivity contribution in [2.24, 2.45) is 0 Å². The summed E-state index contributed by atoms with van der Waals surface area (Å²) < 4.78 is 0.644. The monoisotopic (exact) mass is 281 g/mol. The smallest absolute Gasteiger partial charge is 0.157 e. The number of nitrogens with one attached hydrogen (secondary N) is 1. The van der Waals surface area contributed by atoms with Gasteiger partial charge in [-0.3, -0.25) is 0 Å². The zero-order valence-corrected chi connectivity index (χ0v) is 12.3. The molecule has 0 fully saturated rings. The van der Waals surface area contributed by atoms with Gasteiger partial charge >= 0.3 is 0 Å². The van der Waals surface area contributed by atoms with Crippen LogP contribution in [-0.4, -0.2) is 15.0 Å². The number of hydrogen-bond donors (Lipinski definition) is 1. The predicted octanol–water partition coefficient (Wildman–Crippen LogP) is 4.23. The number of H-pyrrole nitrogens is 1. The summed E-state index contributed by atoms with van der Waals surface area (Å²) in [6, 6.07) is 12.1. The van der Waals surface area contributed by atoms with E-state index in [1.165, 1.54) is 0 Å². The van der Waals surface area contributed by atoms with Crippen molar-refractivity contribution >= 4 is 23.1 Å². The van der Waals surface area contributed by atoms with E-state index in [-0.39, 0.29) is 0 Å². The van der Waals surface area contributed by atoms with E-state index >= 15 is 0 Å². The molecule has 0 spiro atoms. The van der Waals surface area contributed by atoms with E-state index in [2.05, 4.69) is 27.9 Å². The van der Waals surface area contributed by atoms with Crippen LogP contribution in [0.15, 0.2) is 36.4 Å². The van der Waals surface area contributed by atoms with E-state index in [4.69, 9.17) is 12.2 Å². The Morgan fingerprint density at radius 2 is 1.90 bits per heavy atom. The molecular formula is C16H15N3S. The Morgan fingerprint density at radius 1 is 1.10 bits per heavy atom. The molecule has 0 aliphatic rings. The molecule has 100 valence electrons. The molecule has 2 aromatic heterocycles. The van der Waals surface area contributed by atoms with Gasteiger partial charge in [-0.1, -0.05) is 43.4 Å². The van der Waals surface area contributed by atoms with Crippen LogP contribution in [0.4, 0.5) is 0 Å². The molecule has 0 atom stereocenters. The van der Waals surface area contributed by atoms with Crippen LogP contribution in [-0.2, 0) is 6.42 Å². The average molecular weight is 281 g/mol. The number of aryl methyl sites for hydroxylation is 1. The maximum Gasteiger partial charge on any atom is 0.157 e. The van der Waals surface area contributed by atoms with Crippen LogP contribution in [0.3, 0.4) is 0 Å². The van der Waals surface area contributed by atoms with Gasteiger partial charge < -0.3 is 4.98 Å². The second-order valence-electron chi connectivity index (χ2n) is 4.74. The third-order valence-corrected chi connectivity index (χ3v) is 3.85. The highest BCUT2D eigenvalue weighted by Crippen LogP contribution is 2.19. The summed E-state index contributed by atoms with van der Waals surface area (Å²) >= 11 is 5.33. The summed E-state index contributed by atoms with van der Waals surface area (Å²) in [4.78, 5) is 12.5. The number of rotatable bonds is 2. The van der Waals surface area contributed by atoms with Gasteiger partial charge in [0.05, 0.1) is 5.52 Å². The molecule has 1 N–H and O–H groups in total. The number of aromatic amines is 1. The van der Waals surface area contributed by atoms with Gasteiger partial charge in [0.1, 0.15) is 10.3 Å². The first-order valence-electron chi connectivity index (χ1n) is 6.65. The van der Waals surface area contributed by atoms with E-state index in [9.17, 15) is 0 Å². The quantitative estimate of drug-likeness (QED) is 0.715. The molecule has 2 heterocycles. The first kappa shape index (κ1) is 12.9. The minimum atomic E-state index is 0.644. The highest BCUT2D eigenvalue weighted by Gasteiger charge is 2.07. The zero-order chi connectivity index (χ0) is 14.1. The van der Waals surface area contributed by atoms with Gasteiger partial charge in [0.25, 0.3) is 0 Å². The number of hydrogen-bond acceptors (Lipinski definition) is 3. The van der Waals surface area contributed by atoms with Gasteiger partial charge in [0.2, 0.25) is 0 Å². The van der Waals surface area contributed by atoms with Crippen LogP contribution in [0.2, 0.25) is 0 Å². The molecule has 0 saturated carbocycles. The van der Waals surface area contributed by atoms with Crippen LogP contribution in [0.25, 0.3) is 22.4 Å². The molecule has 20 heavy (non-hydrogen) atoms. The highest BCUT2D eigenvalue weighted by atomic mass is 32.1. The fourth-order valence-electron chi connectivity index (χ4n) is 2.25. The number of fused-ring (bicyclic) bond motifs is 1. The Balaban J connectivity index is 2.20. The lowest BCUT2D eigenvalue weighted by atomic mass is 10.2. The minimum absolute atomic E-state index is 0.644. The van der Waals surface area contributed by atoms with Crippen LogP contribution in [0.5, 0.6) is 0 Å². The van der Waals surface area contributed by atoms with Gasteiger partial charge in [-0.2, -0.15) is 0 Å². The van der Waals surface area contributed by atoms with E-state index in [1.807, 2.05) is 37.3 Å². The van der Waals surface area contributed by atoms with Gasteiger partial charge in [0, 0.05) is 16.6 Å². The van der Waals surface area contributed by atoms with Gasteiger partial charge in [-0.15, -0.1) is 0 Å². The van der Waals surface area contributed by atoms with Crippen molar-refractivity contribution in [1.29, 1.82) is 0 Å². The standard InChI is InChI=1S/C16H15N3S/c1-3-12-10(2)16(20)19-15(18-12)14-9-8-11-6-4-5-7-13(11)17-14/h4-9H,3H2,1-2H3,(H,18,19,20). The Labute approximate surface area is 122 Å². The van der Waals surface area contributed by atoms with Crippen LogP contribution >= 0.6 is 12.2 Å². The molecule has 0 radical (unpaired) electrons. The third kappa shape index (κ3) is 2.23. The Hall–Kier alpha value is -2.07. The molecule has 0 unspecified atom stereocenters. The summed E-state index contributed by atoms with van der Waals surface area (Å²) in [6.45, 7) is 4.10. The van der Waals surface area contributed by atoms with E-state index in [1.54, 1.807) is 0 Å². The van der Waals surface area contributed by atoms with Crippen molar-refractivity contribution < 1.29 is 0 Å². The van der Waals surface area contributed by atoms with Gasteiger partial charge in [-0.05, 0) is 25.5 Å². The second-order valence-corrected chi connectivity index (χ2v) is 5.12. The highest BCUT2D eigenvalue weighted by molar-refractivity contribution is 7.71. The van der Waals surface area contributed by atoms with Crippen molar-refractivity contribution in [1.82, 2.24) is 15.0 Å². The fraction of sp³-hybridized carbons (Fsp3) is 0.188. The van der Waals surface area contributed by atoms with E-state index < -0.39 is 0 Å². The minimum Gasteiger partial charge on any atom is -0.342 e. The number of pyridine rings is 1. The normalized spacial score (nSPS) is 10.9. The molecular weight excluding hydrogens is 266 g/mol. The summed E-state index contributed by atoms with van der Waals surface area (Å²) in [5, 5.41) is 1.12. The van der Waals surface area contributed by atoms with E-state index in [0.717, 1.165) is 40.1 Å². The maximum absolute atomic E-state index is 5.33. The van der Waals surface area contributed by atoms with Crippen LogP contribution < -0.4 is 0 Å². The lowest BCUT2D eigenvalue weighted by molar-refractivity contribution is 0.964. The SMILES string of the molecule is CCc1[nH]c(-c2ccc3ccccc3n2)nc(=S)c1C. The Bertz CT molecular complexity index is 836. The van der Waals surface area contributed by atoms with Crippen LogP contribution in [0.1, 0.15) is 18.2 Å². The molecule has 3 rings (SSSR count). The van der Waals surface area contributed by atoms with Gasteiger partial charge in [0.15, 0.2) is 5.82 Å². The molecule has 1 aromatic carbocycles. The number of aromatic nitrogens is 3. The molecule has 3 nitrogen and oxygen atoms in total. The Kier molecular flexibility index (Phi) is 3.32. The van der Waals surface area contributed by atoms with Crippen molar-refractivity contribution in [3.63, 3.8) is 0 Å². The lowest BCUT2D eigenvalue weighted by Gasteiger charge is -2.08. The van der Waals surface area contributed by atoms with Crippen molar-refractivity contribution in [3.8, 4) is 11.5 Å². The fourth-order valence-corrected chi connectivity index (χ4v) is 2.47. The summed E-state index contributed by atoms with van der Waals surface area (Å²) in [5.74, 6) is 0.739. The number of benzene rings is 1. The topological polar surface area (TPSA) is 41.6 Å². The second kappa shape index (κ2) is 5.13. The molecule has 0 saturated heterocycles. The average Bonchev–Trinajstić information content (AvgIpc) is 2.49. The first-order valence-corrected chi connectivity index (χ1v) is 7.06. The van der Waals surface area contributed by atoms with E-state index in [0.29, 0.717) is 4.64 Å². The molecule has 3 aromatic rings. The Morgan fingerprint density at radius 3 is 2.70 bits per heavy atom. The summed E-state index contributed by atoms with van der Waals surface area (Å²) in [5.41, 5.74) is 3.95. The first-order chi connectivity index (χ1) is 9.69. The molecule has 0 aliphatic heterocycles. The molecule has 0 aliphatic carbocycles. The van der Waals surface area contributed by atoms with Crippen molar-refractivity contribution in [3.05, 3.63) is 52.3 Å². The number of nitrogens with zero attached hydrogens (tertiary/aromatic N) is 2. The molecule has 0 amide bonds. The summed E-state index contributed by atoms with van der Waals surface area (Å²) in [7, 11) is 0. The third-order valence-electron chi connectivity index (χ3n) is 3.45. The molecule has 0 bridgehead atoms. The summed E-state index contributed by atoms with van der Waals surface area (Å²) in [6.07, 6.45) is 0.901. The van der Waals surface area contributed by atoms with Crippen molar-refractivity contribution in [2.45, 2.75) is 20.3 Å². The maximum atomic E-state index is 5.33. The largest absolute Gasteiger partial charge is 0.342 e.